The monoisotopic (exact) mass is 411 g/mol. The molecule has 0 fully saturated rings. The molecule has 0 saturated carbocycles. The van der Waals surface area contributed by atoms with E-state index in [0.717, 1.165) is 22.4 Å². The number of hydrogen-bond donors (Lipinski definition) is 1. The quantitative estimate of drug-likeness (QED) is 0.588. The maximum atomic E-state index is 12.2. The molecule has 0 saturated heterocycles. The first-order chi connectivity index (χ1) is 12.4. The highest BCUT2D eigenvalue weighted by atomic mass is 35.5. The van der Waals surface area contributed by atoms with E-state index in [2.05, 4.69) is 11.4 Å². The number of ether oxygens (including phenoxy) is 1. The summed E-state index contributed by atoms with van der Waals surface area (Å²) in [4.78, 5) is 12.2. The Morgan fingerprint density at radius 1 is 1.15 bits per heavy atom. The molecule has 0 heterocycles. The van der Waals surface area contributed by atoms with Crippen molar-refractivity contribution in [2.75, 3.05) is 12.3 Å². The van der Waals surface area contributed by atoms with E-state index in [0.29, 0.717) is 28.1 Å². The highest BCUT2D eigenvalue weighted by molar-refractivity contribution is 7.98. The first-order valence-corrected chi connectivity index (χ1v) is 10.3. The van der Waals surface area contributed by atoms with Crippen LogP contribution in [0.1, 0.15) is 23.6 Å². The van der Waals surface area contributed by atoms with Gasteiger partial charge in [-0.2, -0.15) is 11.8 Å². The molecule has 140 valence electrons. The van der Waals surface area contributed by atoms with Gasteiger partial charge in [0.15, 0.2) is 6.10 Å². The Morgan fingerprint density at radius 3 is 2.38 bits per heavy atom. The molecule has 0 unspecified atom stereocenters. The second-order valence-corrected chi connectivity index (χ2v) is 8.05. The minimum atomic E-state index is -0.542. The number of halogens is 2. The van der Waals surface area contributed by atoms with Gasteiger partial charge >= 0.3 is 0 Å². The Balaban J connectivity index is 1.72. The van der Waals surface area contributed by atoms with Crippen LogP contribution in [-0.4, -0.2) is 24.3 Å². The Kier molecular flexibility index (Phi) is 8.14. The summed E-state index contributed by atoms with van der Waals surface area (Å²) in [5.41, 5.74) is 3.16. The van der Waals surface area contributed by atoms with Crippen molar-refractivity contribution in [3.8, 4) is 5.75 Å². The van der Waals surface area contributed by atoms with Crippen molar-refractivity contribution < 1.29 is 9.53 Å². The third kappa shape index (κ3) is 6.42. The highest BCUT2D eigenvalue weighted by Gasteiger charge is 2.14. The van der Waals surface area contributed by atoms with Crippen molar-refractivity contribution in [1.82, 2.24) is 5.32 Å². The van der Waals surface area contributed by atoms with E-state index in [1.54, 1.807) is 18.7 Å². The fourth-order valence-electron chi connectivity index (χ4n) is 2.49. The number of amides is 1. The van der Waals surface area contributed by atoms with Crippen molar-refractivity contribution >= 4 is 40.9 Å². The fraction of sp³-hybridized carbons (Fsp3) is 0.350. The molecule has 0 aliphatic heterocycles. The zero-order valence-electron chi connectivity index (χ0n) is 15.1. The zero-order chi connectivity index (χ0) is 19.1. The van der Waals surface area contributed by atoms with Crippen LogP contribution < -0.4 is 10.1 Å². The highest BCUT2D eigenvalue weighted by Crippen LogP contribution is 2.28. The van der Waals surface area contributed by atoms with Gasteiger partial charge in [0.1, 0.15) is 5.75 Å². The summed E-state index contributed by atoms with van der Waals surface area (Å²) in [5.74, 6) is 2.07. The first-order valence-electron chi connectivity index (χ1n) is 8.40. The van der Waals surface area contributed by atoms with E-state index in [1.807, 2.05) is 44.2 Å². The lowest BCUT2D eigenvalue weighted by atomic mass is 10.1. The van der Waals surface area contributed by atoms with E-state index in [1.165, 1.54) is 0 Å². The number of thioether (sulfide) groups is 1. The van der Waals surface area contributed by atoms with Crippen LogP contribution >= 0.6 is 35.0 Å². The smallest absolute Gasteiger partial charge is 0.260 e. The van der Waals surface area contributed by atoms with Crippen LogP contribution in [0.5, 0.6) is 5.75 Å². The van der Waals surface area contributed by atoms with Gasteiger partial charge in [0.2, 0.25) is 0 Å². The van der Waals surface area contributed by atoms with E-state index in [4.69, 9.17) is 27.9 Å². The molecule has 0 spiro atoms. The van der Waals surface area contributed by atoms with Crippen LogP contribution in [0.2, 0.25) is 10.0 Å². The number of benzene rings is 2. The van der Waals surface area contributed by atoms with Gasteiger partial charge < -0.3 is 10.1 Å². The van der Waals surface area contributed by atoms with Crippen molar-refractivity contribution in [2.24, 2.45) is 0 Å². The third-order valence-electron chi connectivity index (χ3n) is 3.73. The summed E-state index contributed by atoms with van der Waals surface area (Å²) >= 11 is 14.0. The molecular formula is C20H23Cl2NO2S. The van der Waals surface area contributed by atoms with Crippen LogP contribution in [0.4, 0.5) is 0 Å². The molecule has 0 bridgehead atoms. The predicted molar refractivity (Wildman–Crippen MR) is 112 cm³/mol. The second kappa shape index (κ2) is 10.1. The Bertz CT molecular complexity index is 727. The normalized spacial score (nSPS) is 11.9. The number of aryl methyl sites for hydroxylation is 2. The van der Waals surface area contributed by atoms with Crippen LogP contribution in [0.15, 0.2) is 36.4 Å². The van der Waals surface area contributed by atoms with Crippen LogP contribution in [-0.2, 0) is 10.5 Å². The average Bonchev–Trinajstić information content (AvgIpc) is 2.55. The van der Waals surface area contributed by atoms with Crippen LogP contribution in [0.25, 0.3) is 0 Å². The average molecular weight is 412 g/mol. The van der Waals surface area contributed by atoms with Gasteiger partial charge in [-0.3, -0.25) is 4.79 Å². The number of carbonyl (C=O) groups is 1. The molecule has 0 aromatic heterocycles. The molecule has 1 atom stereocenters. The molecule has 1 amide bonds. The summed E-state index contributed by atoms with van der Waals surface area (Å²) in [6.07, 6.45) is -0.542. The number of rotatable bonds is 8. The van der Waals surface area contributed by atoms with E-state index >= 15 is 0 Å². The molecule has 6 heteroatoms. The van der Waals surface area contributed by atoms with Crippen molar-refractivity contribution in [2.45, 2.75) is 32.6 Å². The predicted octanol–water partition coefficient (Wildman–Crippen LogP) is 5.43. The Hall–Kier alpha value is -1.36. The number of carbonyl (C=O) groups excluding carboxylic acids is 1. The summed E-state index contributed by atoms with van der Waals surface area (Å²) in [7, 11) is 0. The van der Waals surface area contributed by atoms with Gasteiger partial charge in [-0.1, -0.05) is 35.3 Å². The largest absolute Gasteiger partial charge is 0.481 e. The molecule has 26 heavy (non-hydrogen) atoms. The molecule has 1 N–H and O–H groups in total. The first kappa shape index (κ1) is 20.9. The van der Waals surface area contributed by atoms with E-state index < -0.39 is 6.10 Å². The van der Waals surface area contributed by atoms with Crippen LogP contribution in [0.3, 0.4) is 0 Å². The molecule has 0 aliphatic carbocycles. The third-order valence-corrected chi connectivity index (χ3v) is 5.42. The Labute approximate surface area is 169 Å². The maximum absolute atomic E-state index is 12.2. The lowest BCUT2D eigenvalue weighted by Gasteiger charge is -2.15. The van der Waals surface area contributed by atoms with Gasteiger partial charge in [-0.05, 0) is 61.7 Å². The summed E-state index contributed by atoms with van der Waals surface area (Å²) in [6, 6.07) is 11.4. The topological polar surface area (TPSA) is 38.3 Å². The minimum absolute atomic E-state index is 0.125. The maximum Gasteiger partial charge on any atom is 0.260 e. The van der Waals surface area contributed by atoms with Crippen molar-refractivity contribution in [3.63, 3.8) is 0 Å². The molecule has 2 rings (SSSR count). The van der Waals surface area contributed by atoms with E-state index in [-0.39, 0.29) is 5.91 Å². The summed E-state index contributed by atoms with van der Waals surface area (Å²) in [6.45, 7) is 6.33. The van der Waals surface area contributed by atoms with Gasteiger partial charge in [0.05, 0.1) is 0 Å². The fourth-order valence-corrected chi connectivity index (χ4v) is 4.09. The van der Waals surface area contributed by atoms with Gasteiger partial charge in [0.25, 0.3) is 5.91 Å². The molecule has 2 aromatic rings. The SMILES string of the molecule is Cc1cc(C)cc(O[C@H](C)C(=O)NCCSCc2c(Cl)cccc2Cl)c1. The lowest BCUT2D eigenvalue weighted by Crippen LogP contribution is -2.37. The van der Waals surface area contributed by atoms with Crippen LogP contribution in [0, 0.1) is 13.8 Å². The Morgan fingerprint density at radius 2 is 1.77 bits per heavy atom. The standard InChI is InChI=1S/C20H23Cl2NO2S/c1-13-9-14(2)11-16(10-13)25-15(3)20(24)23-7-8-26-12-17-18(21)5-4-6-19(17)22/h4-6,9-11,15H,7-8,12H2,1-3H3,(H,23,24)/t15-/m1/s1. The molecule has 0 aliphatic rings. The molecule has 3 nitrogen and oxygen atoms in total. The molecular weight excluding hydrogens is 389 g/mol. The lowest BCUT2D eigenvalue weighted by molar-refractivity contribution is -0.127. The minimum Gasteiger partial charge on any atom is -0.481 e. The molecule has 2 aromatic carbocycles. The van der Waals surface area contributed by atoms with Gasteiger partial charge in [-0.25, -0.2) is 0 Å². The zero-order valence-corrected chi connectivity index (χ0v) is 17.5. The van der Waals surface area contributed by atoms with Gasteiger partial charge in [0, 0.05) is 28.1 Å². The molecule has 0 radical (unpaired) electrons. The second-order valence-electron chi connectivity index (χ2n) is 6.13. The number of nitrogens with one attached hydrogen (secondary N) is 1. The summed E-state index contributed by atoms with van der Waals surface area (Å²) in [5, 5.41) is 4.24. The van der Waals surface area contributed by atoms with E-state index in [9.17, 15) is 4.79 Å². The van der Waals surface area contributed by atoms with Crippen molar-refractivity contribution in [3.05, 3.63) is 63.1 Å². The van der Waals surface area contributed by atoms with Gasteiger partial charge in [-0.15, -0.1) is 0 Å². The van der Waals surface area contributed by atoms with Crippen molar-refractivity contribution in [1.29, 1.82) is 0 Å². The summed E-state index contributed by atoms with van der Waals surface area (Å²) < 4.78 is 5.74. The number of hydrogen-bond acceptors (Lipinski definition) is 3.